The van der Waals surface area contributed by atoms with Gasteiger partial charge in [0, 0.05) is 43.3 Å². The number of hydrogen-bond donors (Lipinski definition) is 0. The third-order valence-electron chi connectivity index (χ3n) is 4.43. The summed E-state index contributed by atoms with van der Waals surface area (Å²) in [6.45, 7) is 2.30. The van der Waals surface area contributed by atoms with Crippen LogP contribution in [0.25, 0.3) is 6.08 Å². The molecule has 1 fully saturated rings. The fourth-order valence-electron chi connectivity index (χ4n) is 3.06. The third kappa shape index (κ3) is 4.28. The van der Waals surface area contributed by atoms with Crippen LogP contribution in [0, 0.1) is 0 Å². The van der Waals surface area contributed by atoms with Gasteiger partial charge in [-0.3, -0.25) is 9.69 Å². The van der Waals surface area contributed by atoms with Crippen LogP contribution in [-0.2, 0) is 11.3 Å². The summed E-state index contributed by atoms with van der Waals surface area (Å²) >= 11 is 0. The number of rotatable bonds is 5. The molecule has 1 saturated heterocycles. The Balaban J connectivity index is 1.80. The molecule has 2 aromatic carbocycles. The van der Waals surface area contributed by atoms with Gasteiger partial charge >= 0.3 is 0 Å². The smallest absolute Gasteiger partial charge is 0.161 e. The van der Waals surface area contributed by atoms with Crippen LogP contribution in [0.2, 0.25) is 0 Å². The van der Waals surface area contributed by atoms with Crippen LogP contribution in [-0.4, -0.2) is 38.0 Å². The van der Waals surface area contributed by atoms with Crippen molar-refractivity contribution < 1.29 is 14.3 Å². The van der Waals surface area contributed by atoms with Crippen LogP contribution >= 0.6 is 0 Å². The maximum absolute atomic E-state index is 12.4. The summed E-state index contributed by atoms with van der Waals surface area (Å²) in [5.74, 6) is 1.65. The number of benzene rings is 2. The second kappa shape index (κ2) is 7.99. The second-order valence-corrected chi connectivity index (χ2v) is 6.15. The maximum atomic E-state index is 12.4. The van der Waals surface area contributed by atoms with Crippen molar-refractivity contribution in [2.24, 2.45) is 0 Å². The molecule has 0 spiro atoms. The number of carbonyl (C=O) groups excluding carboxylic acids is 1. The van der Waals surface area contributed by atoms with E-state index in [2.05, 4.69) is 17.0 Å². The Morgan fingerprint density at radius 1 is 1.08 bits per heavy atom. The third-order valence-corrected chi connectivity index (χ3v) is 4.43. The van der Waals surface area contributed by atoms with Gasteiger partial charge in [0.05, 0.1) is 14.2 Å². The highest BCUT2D eigenvalue weighted by Gasteiger charge is 2.21. The van der Waals surface area contributed by atoms with Gasteiger partial charge in [0.25, 0.3) is 0 Å². The van der Waals surface area contributed by atoms with E-state index < -0.39 is 0 Å². The maximum Gasteiger partial charge on any atom is 0.161 e. The van der Waals surface area contributed by atoms with E-state index in [1.54, 1.807) is 14.2 Å². The highest BCUT2D eigenvalue weighted by molar-refractivity contribution is 6.01. The van der Waals surface area contributed by atoms with Crippen molar-refractivity contribution in [1.82, 2.24) is 4.90 Å². The number of Topliss-reactive ketones (excluding diaryl/α,β-unsaturated/α-hetero) is 1. The lowest BCUT2D eigenvalue weighted by atomic mass is 9.99. The quantitative estimate of drug-likeness (QED) is 0.782. The summed E-state index contributed by atoms with van der Waals surface area (Å²) in [6, 6.07) is 16.0. The van der Waals surface area contributed by atoms with E-state index in [-0.39, 0.29) is 5.78 Å². The van der Waals surface area contributed by atoms with Gasteiger partial charge in [0.1, 0.15) is 11.5 Å². The Bertz CT molecular complexity index is 768. The molecule has 0 aliphatic carbocycles. The van der Waals surface area contributed by atoms with Crippen LogP contribution < -0.4 is 9.47 Å². The normalized spacial score (nSPS) is 16.9. The Morgan fingerprint density at radius 3 is 2.60 bits per heavy atom. The van der Waals surface area contributed by atoms with E-state index in [1.165, 1.54) is 5.56 Å². The number of nitrogens with zero attached hydrogens (tertiary/aromatic N) is 1. The summed E-state index contributed by atoms with van der Waals surface area (Å²) in [5.41, 5.74) is 2.98. The van der Waals surface area contributed by atoms with Gasteiger partial charge < -0.3 is 9.47 Å². The van der Waals surface area contributed by atoms with Crippen LogP contribution in [0.15, 0.2) is 54.1 Å². The second-order valence-electron chi connectivity index (χ2n) is 6.15. The molecule has 0 atom stereocenters. The number of ketones is 1. The van der Waals surface area contributed by atoms with E-state index in [9.17, 15) is 4.79 Å². The van der Waals surface area contributed by atoms with Gasteiger partial charge in [-0.05, 0) is 23.8 Å². The first-order chi connectivity index (χ1) is 12.2. The predicted octanol–water partition coefficient (Wildman–Crippen LogP) is 3.56. The molecular weight excluding hydrogens is 314 g/mol. The van der Waals surface area contributed by atoms with Crippen LogP contribution in [0.4, 0.5) is 0 Å². The molecule has 4 nitrogen and oxygen atoms in total. The molecule has 130 valence electrons. The van der Waals surface area contributed by atoms with E-state index in [1.807, 2.05) is 42.5 Å². The van der Waals surface area contributed by atoms with Crippen molar-refractivity contribution in [3.05, 3.63) is 65.2 Å². The Labute approximate surface area is 148 Å². The summed E-state index contributed by atoms with van der Waals surface area (Å²) in [5, 5.41) is 0. The van der Waals surface area contributed by atoms with Crippen LogP contribution in [0.3, 0.4) is 0 Å². The minimum atomic E-state index is 0.210. The molecule has 1 aliphatic heterocycles. The first kappa shape index (κ1) is 17.2. The van der Waals surface area contributed by atoms with Gasteiger partial charge in [-0.2, -0.15) is 0 Å². The molecule has 3 rings (SSSR count). The Kier molecular flexibility index (Phi) is 5.51. The fraction of sp³-hybridized carbons (Fsp3) is 0.286. The first-order valence-corrected chi connectivity index (χ1v) is 8.41. The van der Waals surface area contributed by atoms with E-state index in [0.717, 1.165) is 30.0 Å². The molecule has 4 heteroatoms. The zero-order valence-corrected chi connectivity index (χ0v) is 14.7. The van der Waals surface area contributed by atoms with Crippen molar-refractivity contribution in [2.45, 2.75) is 13.0 Å². The van der Waals surface area contributed by atoms with Crippen LogP contribution in [0.5, 0.6) is 11.5 Å². The zero-order chi connectivity index (χ0) is 17.6. The number of ether oxygens (including phenoxy) is 2. The molecule has 0 saturated carbocycles. The first-order valence-electron chi connectivity index (χ1n) is 8.41. The van der Waals surface area contributed by atoms with Gasteiger partial charge in [-0.15, -0.1) is 0 Å². The summed E-state index contributed by atoms with van der Waals surface area (Å²) in [4.78, 5) is 14.7. The molecule has 0 amide bonds. The van der Waals surface area contributed by atoms with Crippen molar-refractivity contribution in [3.8, 4) is 11.5 Å². The standard InChI is InChI=1S/C21H23NO3/c1-24-19-9-8-17(21(13-19)25-2)12-18-15-22(11-10-20(18)23)14-16-6-4-3-5-7-16/h3-9,12-13H,10-11,14-15H2,1-2H3/b18-12+. The zero-order valence-electron chi connectivity index (χ0n) is 14.7. The average Bonchev–Trinajstić information content (AvgIpc) is 2.65. The van der Waals surface area contributed by atoms with Crippen LogP contribution in [0.1, 0.15) is 17.5 Å². The molecule has 0 radical (unpaired) electrons. The fourth-order valence-corrected chi connectivity index (χ4v) is 3.06. The van der Waals surface area contributed by atoms with Crippen molar-refractivity contribution in [2.75, 3.05) is 27.3 Å². The molecule has 1 heterocycles. The average molecular weight is 337 g/mol. The number of piperidine rings is 1. The van der Waals surface area contributed by atoms with Gasteiger partial charge in [-0.25, -0.2) is 0 Å². The summed E-state index contributed by atoms with van der Waals surface area (Å²) in [7, 11) is 3.25. The molecule has 1 aliphatic rings. The van der Waals surface area contributed by atoms with Crippen molar-refractivity contribution in [1.29, 1.82) is 0 Å². The van der Waals surface area contributed by atoms with Crippen molar-refractivity contribution in [3.63, 3.8) is 0 Å². The minimum Gasteiger partial charge on any atom is -0.497 e. The largest absolute Gasteiger partial charge is 0.497 e. The molecule has 0 aromatic heterocycles. The highest BCUT2D eigenvalue weighted by Crippen LogP contribution is 2.28. The lowest BCUT2D eigenvalue weighted by Crippen LogP contribution is -2.35. The topological polar surface area (TPSA) is 38.8 Å². The number of hydrogen-bond acceptors (Lipinski definition) is 4. The monoisotopic (exact) mass is 337 g/mol. The molecule has 0 unspecified atom stereocenters. The summed E-state index contributed by atoms with van der Waals surface area (Å²) in [6.07, 6.45) is 2.49. The number of likely N-dealkylation sites (tertiary alicyclic amines) is 1. The number of carbonyl (C=O) groups is 1. The van der Waals surface area contributed by atoms with Gasteiger partial charge in [-0.1, -0.05) is 30.3 Å². The predicted molar refractivity (Wildman–Crippen MR) is 98.9 cm³/mol. The molecule has 0 N–H and O–H groups in total. The minimum absolute atomic E-state index is 0.210. The van der Waals surface area contributed by atoms with E-state index in [0.29, 0.717) is 18.7 Å². The lowest BCUT2D eigenvalue weighted by Gasteiger charge is -2.28. The Morgan fingerprint density at radius 2 is 1.88 bits per heavy atom. The van der Waals surface area contributed by atoms with Gasteiger partial charge in [0.2, 0.25) is 0 Å². The molecular formula is C21H23NO3. The van der Waals surface area contributed by atoms with E-state index >= 15 is 0 Å². The molecule has 25 heavy (non-hydrogen) atoms. The molecule has 0 bridgehead atoms. The highest BCUT2D eigenvalue weighted by atomic mass is 16.5. The Hall–Kier alpha value is -2.59. The lowest BCUT2D eigenvalue weighted by molar-refractivity contribution is -0.117. The van der Waals surface area contributed by atoms with Crippen molar-refractivity contribution >= 4 is 11.9 Å². The molecule has 2 aromatic rings. The SMILES string of the molecule is COc1ccc(/C=C2\CN(Cc3ccccc3)CCC2=O)c(OC)c1. The van der Waals surface area contributed by atoms with E-state index in [4.69, 9.17) is 9.47 Å². The number of methoxy groups -OCH3 is 2. The van der Waals surface area contributed by atoms with Gasteiger partial charge in [0.15, 0.2) is 5.78 Å². The summed E-state index contributed by atoms with van der Waals surface area (Å²) < 4.78 is 10.7.